The van der Waals surface area contributed by atoms with E-state index in [1.807, 2.05) is 74.5 Å². The van der Waals surface area contributed by atoms with E-state index in [1.54, 1.807) is 0 Å². The molecular weight excluding hydrogens is 286 g/mol. The van der Waals surface area contributed by atoms with Gasteiger partial charge in [0.05, 0.1) is 11.2 Å². The number of amides is 1. The van der Waals surface area contributed by atoms with Crippen LogP contribution in [0.2, 0.25) is 0 Å². The Balaban J connectivity index is 1.89. The molecule has 0 fully saturated rings. The lowest BCUT2D eigenvalue weighted by Crippen LogP contribution is -2.18. The van der Waals surface area contributed by atoms with Gasteiger partial charge in [-0.05, 0) is 23.8 Å². The smallest absolute Gasteiger partial charge is 0.226 e. The summed E-state index contributed by atoms with van der Waals surface area (Å²) in [6.45, 7) is 3.76. The number of hydrogen-bond acceptors (Lipinski definition) is 2. The highest BCUT2D eigenvalue weighted by atomic mass is 16.1. The number of benzene rings is 2. The average molecular weight is 305 g/mol. The summed E-state index contributed by atoms with van der Waals surface area (Å²) in [7, 11) is 0. The Hall–Kier alpha value is -2.88. The van der Waals surface area contributed by atoms with Gasteiger partial charge >= 0.3 is 0 Å². The minimum absolute atomic E-state index is 0.0102. The van der Waals surface area contributed by atoms with E-state index >= 15 is 0 Å². The second-order valence-electron chi connectivity index (χ2n) is 5.72. The number of rotatable bonds is 4. The number of hydrogen-bond donors (Lipinski definition) is 2. The maximum Gasteiger partial charge on any atom is 0.226 e. The summed E-state index contributed by atoms with van der Waals surface area (Å²) in [6.07, 6.45) is 3.93. The van der Waals surface area contributed by atoms with E-state index in [1.165, 1.54) is 0 Å². The summed E-state index contributed by atoms with van der Waals surface area (Å²) < 4.78 is 0. The standard InChI is InChI=1S/C19H19N3O/c1-13(2)19(23)20-16-9-5-3-7-14(16)11-12-18-15-8-4-6-10-17(15)21-22-18/h3-13H,1-2H3,(H,20,23)(H,21,22)/b12-11+. The Bertz CT molecular complexity index is 862. The van der Waals surface area contributed by atoms with E-state index in [2.05, 4.69) is 15.5 Å². The summed E-state index contributed by atoms with van der Waals surface area (Å²) >= 11 is 0. The van der Waals surface area contributed by atoms with Crippen molar-refractivity contribution in [3.63, 3.8) is 0 Å². The molecule has 0 aliphatic rings. The van der Waals surface area contributed by atoms with Crippen LogP contribution in [0.25, 0.3) is 23.1 Å². The van der Waals surface area contributed by atoms with Gasteiger partial charge in [-0.2, -0.15) is 5.10 Å². The van der Waals surface area contributed by atoms with Gasteiger partial charge in [-0.3, -0.25) is 9.89 Å². The molecule has 0 atom stereocenters. The number of aromatic amines is 1. The second kappa shape index (κ2) is 6.48. The Morgan fingerprint density at radius 1 is 1.09 bits per heavy atom. The van der Waals surface area contributed by atoms with Gasteiger partial charge in [0.25, 0.3) is 0 Å². The fourth-order valence-corrected chi connectivity index (χ4v) is 2.31. The molecule has 1 aromatic heterocycles. The molecule has 0 aliphatic carbocycles. The molecule has 3 aromatic rings. The lowest BCUT2D eigenvalue weighted by Gasteiger charge is -2.10. The van der Waals surface area contributed by atoms with Crippen LogP contribution in [-0.4, -0.2) is 16.1 Å². The highest BCUT2D eigenvalue weighted by molar-refractivity contribution is 5.95. The lowest BCUT2D eigenvalue weighted by atomic mass is 10.1. The molecule has 2 aromatic carbocycles. The number of nitrogens with zero attached hydrogens (tertiary/aromatic N) is 1. The second-order valence-corrected chi connectivity index (χ2v) is 5.72. The minimum Gasteiger partial charge on any atom is -0.325 e. The first-order chi connectivity index (χ1) is 11.1. The van der Waals surface area contributed by atoms with Crippen molar-refractivity contribution < 1.29 is 4.79 Å². The van der Waals surface area contributed by atoms with Crippen molar-refractivity contribution in [2.45, 2.75) is 13.8 Å². The molecule has 1 amide bonds. The van der Waals surface area contributed by atoms with Crippen molar-refractivity contribution >= 4 is 34.6 Å². The Morgan fingerprint density at radius 2 is 1.83 bits per heavy atom. The molecule has 0 saturated carbocycles. The number of para-hydroxylation sites is 2. The zero-order valence-corrected chi connectivity index (χ0v) is 13.2. The van der Waals surface area contributed by atoms with Crippen LogP contribution in [0.3, 0.4) is 0 Å². The number of fused-ring (bicyclic) bond motifs is 1. The largest absolute Gasteiger partial charge is 0.325 e. The monoisotopic (exact) mass is 305 g/mol. The SMILES string of the molecule is CC(C)C(=O)Nc1ccccc1/C=C/c1n[nH]c2ccccc12. The quantitative estimate of drug-likeness (QED) is 0.754. The van der Waals surface area contributed by atoms with Gasteiger partial charge < -0.3 is 5.32 Å². The number of aromatic nitrogens is 2. The predicted octanol–water partition coefficient (Wildman–Crippen LogP) is 4.33. The number of H-pyrrole nitrogens is 1. The van der Waals surface area contributed by atoms with Crippen molar-refractivity contribution in [3.05, 3.63) is 59.8 Å². The zero-order chi connectivity index (χ0) is 16.2. The van der Waals surface area contributed by atoms with Gasteiger partial charge in [-0.25, -0.2) is 0 Å². The van der Waals surface area contributed by atoms with E-state index in [0.29, 0.717) is 0 Å². The summed E-state index contributed by atoms with van der Waals surface area (Å²) in [5.74, 6) is -0.0432. The normalized spacial score (nSPS) is 11.4. The van der Waals surface area contributed by atoms with Gasteiger partial charge in [0, 0.05) is 17.0 Å². The third-order valence-corrected chi connectivity index (χ3v) is 3.66. The first-order valence-electron chi connectivity index (χ1n) is 7.66. The number of carbonyl (C=O) groups is 1. The molecule has 4 nitrogen and oxygen atoms in total. The highest BCUT2D eigenvalue weighted by Gasteiger charge is 2.09. The van der Waals surface area contributed by atoms with Crippen LogP contribution >= 0.6 is 0 Å². The molecule has 116 valence electrons. The van der Waals surface area contributed by atoms with Gasteiger partial charge in [-0.1, -0.05) is 56.3 Å². The van der Waals surface area contributed by atoms with E-state index in [-0.39, 0.29) is 11.8 Å². The third-order valence-electron chi connectivity index (χ3n) is 3.66. The highest BCUT2D eigenvalue weighted by Crippen LogP contribution is 2.21. The molecule has 0 spiro atoms. The number of anilines is 1. The molecule has 0 saturated heterocycles. The van der Waals surface area contributed by atoms with E-state index in [4.69, 9.17) is 0 Å². The van der Waals surface area contributed by atoms with Gasteiger partial charge in [-0.15, -0.1) is 0 Å². The molecular formula is C19H19N3O. The van der Waals surface area contributed by atoms with Gasteiger partial charge in [0.1, 0.15) is 0 Å². The summed E-state index contributed by atoms with van der Waals surface area (Å²) in [5.41, 5.74) is 3.65. The molecule has 0 aliphatic heterocycles. The van der Waals surface area contributed by atoms with E-state index in [9.17, 15) is 4.79 Å². The number of carbonyl (C=O) groups excluding carboxylic acids is 1. The van der Waals surface area contributed by atoms with E-state index in [0.717, 1.165) is 27.8 Å². The zero-order valence-electron chi connectivity index (χ0n) is 13.2. The van der Waals surface area contributed by atoms with Crippen molar-refractivity contribution in [1.29, 1.82) is 0 Å². The summed E-state index contributed by atoms with van der Waals surface area (Å²) in [4.78, 5) is 11.9. The molecule has 0 unspecified atom stereocenters. The first-order valence-corrected chi connectivity index (χ1v) is 7.66. The third kappa shape index (κ3) is 3.31. The maximum atomic E-state index is 11.9. The molecule has 23 heavy (non-hydrogen) atoms. The summed E-state index contributed by atoms with van der Waals surface area (Å²) in [5, 5.41) is 11.4. The fourth-order valence-electron chi connectivity index (χ4n) is 2.31. The molecule has 0 radical (unpaired) electrons. The molecule has 4 heteroatoms. The van der Waals surface area contributed by atoms with Crippen molar-refractivity contribution in [2.75, 3.05) is 5.32 Å². The minimum atomic E-state index is -0.0534. The van der Waals surface area contributed by atoms with Crippen LogP contribution in [0.4, 0.5) is 5.69 Å². The van der Waals surface area contributed by atoms with Crippen molar-refractivity contribution in [1.82, 2.24) is 10.2 Å². The van der Waals surface area contributed by atoms with Gasteiger partial charge in [0.15, 0.2) is 0 Å². The molecule has 2 N–H and O–H groups in total. The lowest BCUT2D eigenvalue weighted by molar-refractivity contribution is -0.118. The predicted molar refractivity (Wildman–Crippen MR) is 94.9 cm³/mol. The Kier molecular flexibility index (Phi) is 4.24. The van der Waals surface area contributed by atoms with Crippen LogP contribution in [0.5, 0.6) is 0 Å². The summed E-state index contributed by atoms with van der Waals surface area (Å²) in [6, 6.07) is 15.7. The average Bonchev–Trinajstić information content (AvgIpc) is 2.97. The molecule has 0 bridgehead atoms. The number of nitrogens with one attached hydrogen (secondary N) is 2. The van der Waals surface area contributed by atoms with Crippen LogP contribution in [0, 0.1) is 5.92 Å². The molecule has 1 heterocycles. The van der Waals surface area contributed by atoms with Crippen LogP contribution in [0.15, 0.2) is 48.5 Å². The topological polar surface area (TPSA) is 57.8 Å². The van der Waals surface area contributed by atoms with Crippen molar-refractivity contribution in [2.24, 2.45) is 5.92 Å². The Morgan fingerprint density at radius 3 is 2.65 bits per heavy atom. The van der Waals surface area contributed by atoms with Crippen LogP contribution in [0.1, 0.15) is 25.1 Å². The maximum absolute atomic E-state index is 11.9. The van der Waals surface area contributed by atoms with E-state index < -0.39 is 0 Å². The van der Waals surface area contributed by atoms with Crippen LogP contribution in [-0.2, 0) is 4.79 Å². The molecule has 3 rings (SSSR count). The Labute approximate surface area is 135 Å². The van der Waals surface area contributed by atoms with Crippen LogP contribution < -0.4 is 5.32 Å². The fraction of sp³-hybridized carbons (Fsp3) is 0.158. The van der Waals surface area contributed by atoms with Gasteiger partial charge in [0.2, 0.25) is 5.91 Å². The first kappa shape index (κ1) is 15.0. The van der Waals surface area contributed by atoms with Crippen molar-refractivity contribution in [3.8, 4) is 0 Å².